The van der Waals surface area contributed by atoms with E-state index in [4.69, 9.17) is 5.11 Å². The molecule has 0 fully saturated rings. The van der Waals surface area contributed by atoms with Crippen molar-refractivity contribution in [2.75, 3.05) is 0 Å². The van der Waals surface area contributed by atoms with Gasteiger partial charge in [0, 0.05) is 18.4 Å². The Bertz CT molecular complexity index is 281. The number of urea groups is 1. The highest BCUT2D eigenvalue weighted by Crippen LogP contribution is 1.98. The monoisotopic (exact) mass is 230 g/mol. The molecule has 0 aliphatic carbocycles. The molecule has 0 aromatic carbocycles. The second-order valence-electron chi connectivity index (χ2n) is 4.50. The third-order valence-electron chi connectivity index (χ3n) is 1.54. The molecule has 0 atom stereocenters. The molecule has 0 aromatic heterocycles. The summed E-state index contributed by atoms with van der Waals surface area (Å²) in [6.45, 7) is 5.38. The molecule has 0 rings (SSSR count). The van der Waals surface area contributed by atoms with Gasteiger partial charge < -0.3 is 10.4 Å². The number of nitrogens with one attached hydrogen (secondary N) is 2. The van der Waals surface area contributed by atoms with Crippen LogP contribution in [0.3, 0.4) is 0 Å². The summed E-state index contributed by atoms with van der Waals surface area (Å²) in [6, 6.07) is -0.562. The zero-order chi connectivity index (χ0) is 12.8. The highest BCUT2D eigenvalue weighted by atomic mass is 16.4. The van der Waals surface area contributed by atoms with Crippen molar-refractivity contribution in [2.24, 2.45) is 0 Å². The summed E-state index contributed by atoms with van der Waals surface area (Å²) in [4.78, 5) is 32.5. The Labute approximate surface area is 94.4 Å². The van der Waals surface area contributed by atoms with Crippen LogP contribution in [0.4, 0.5) is 4.79 Å². The van der Waals surface area contributed by atoms with Crippen molar-refractivity contribution in [3.05, 3.63) is 0 Å². The Hall–Kier alpha value is -1.59. The van der Waals surface area contributed by atoms with Gasteiger partial charge in [0.25, 0.3) is 0 Å². The minimum atomic E-state index is -0.952. The lowest BCUT2D eigenvalue weighted by molar-refractivity contribution is -0.137. The van der Waals surface area contributed by atoms with Gasteiger partial charge in [0.05, 0.1) is 0 Å². The molecule has 92 valence electrons. The number of carboxylic acids is 1. The molecular weight excluding hydrogens is 212 g/mol. The lowest BCUT2D eigenvalue weighted by Crippen LogP contribution is -2.48. The molecule has 0 bridgehead atoms. The van der Waals surface area contributed by atoms with Gasteiger partial charge in [-0.2, -0.15) is 0 Å². The number of carbonyl (C=O) groups is 3. The van der Waals surface area contributed by atoms with Gasteiger partial charge in [-0.25, -0.2) is 4.79 Å². The second kappa shape index (κ2) is 6.09. The molecule has 3 N–H and O–H groups in total. The first kappa shape index (κ1) is 14.4. The highest BCUT2D eigenvalue weighted by molar-refractivity contribution is 5.94. The molecule has 0 heterocycles. The second-order valence-corrected chi connectivity index (χ2v) is 4.50. The van der Waals surface area contributed by atoms with E-state index in [1.807, 2.05) is 0 Å². The fraction of sp³-hybridized carbons (Fsp3) is 0.700. The number of imide groups is 1. The third-order valence-corrected chi connectivity index (χ3v) is 1.54. The van der Waals surface area contributed by atoms with Gasteiger partial charge in [-0.05, 0) is 27.2 Å². The summed E-state index contributed by atoms with van der Waals surface area (Å²) < 4.78 is 0. The smallest absolute Gasteiger partial charge is 0.321 e. The van der Waals surface area contributed by atoms with Crippen LogP contribution in [-0.2, 0) is 9.59 Å². The number of hydrogen-bond donors (Lipinski definition) is 3. The lowest BCUT2D eigenvalue weighted by atomic mass is 10.1. The van der Waals surface area contributed by atoms with Crippen molar-refractivity contribution in [1.29, 1.82) is 0 Å². The first-order chi connectivity index (χ1) is 7.20. The maximum atomic E-state index is 11.2. The molecule has 3 amide bonds. The van der Waals surface area contributed by atoms with E-state index in [-0.39, 0.29) is 19.3 Å². The zero-order valence-electron chi connectivity index (χ0n) is 9.79. The Kier molecular flexibility index (Phi) is 5.49. The first-order valence-corrected chi connectivity index (χ1v) is 5.04. The van der Waals surface area contributed by atoms with E-state index in [1.54, 1.807) is 20.8 Å². The van der Waals surface area contributed by atoms with E-state index in [0.29, 0.717) is 0 Å². The summed E-state index contributed by atoms with van der Waals surface area (Å²) in [7, 11) is 0. The average molecular weight is 230 g/mol. The largest absolute Gasteiger partial charge is 0.481 e. The number of rotatable bonds is 4. The predicted octanol–water partition coefficient (Wildman–Crippen LogP) is 0.866. The highest BCUT2D eigenvalue weighted by Gasteiger charge is 2.15. The van der Waals surface area contributed by atoms with Crippen LogP contribution < -0.4 is 10.6 Å². The maximum absolute atomic E-state index is 11.2. The molecule has 0 saturated heterocycles. The molecule has 0 aliphatic rings. The molecule has 0 unspecified atom stereocenters. The van der Waals surface area contributed by atoms with Crippen LogP contribution in [0.15, 0.2) is 0 Å². The quantitative estimate of drug-likeness (QED) is 0.667. The SMILES string of the molecule is CC(C)(C)NC(=O)NC(=O)CCCC(=O)O. The number of carbonyl (C=O) groups excluding carboxylic acids is 2. The van der Waals surface area contributed by atoms with E-state index >= 15 is 0 Å². The standard InChI is InChI=1S/C10H18N2O4/c1-10(2,3)12-9(16)11-7(13)5-4-6-8(14)15/h4-6H2,1-3H3,(H,14,15)(H2,11,12,13,16). The van der Waals surface area contributed by atoms with Gasteiger partial charge in [-0.1, -0.05) is 0 Å². The van der Waals surface area contributed by atoms with E-state index in [9.17, 15) is 14.4 Å². The molecule has 6 heteroatoms. The van der Waals surface area contributed by atoms with Gasteiger partial charge in [0.2, 0.25) is 5.91 Å². The summed E-state index contributed by atoms with van der Waals surface area (Å²) in [6.07, 6.45) is 0.183. The Morgan fingerprint density at radius 2 is 1.69 bits per heavy atom. The first-order valence-electron chi connectivity index (χ1n) is 5.04. The number of hydrogen-bond acceptors (Lipinski definition) is 3. The fourth-order valence-corrected chi connectivity index (χ4v) is 0.961. The van der Waals surface area contributed by atoms with Crippen LogP contribution in [0.25, 0.3) is 0 Å². The van der Waals surface area contributed by atoms with Crippen molar-refractivity contribution >= 4 is 17.9 Å². The molecule has 0 aromatic rings. The average Bonchev–Trinajstić information content (AvgIpc) is 1.98. The van der Waals surface area contributed by atoms with Crippen molar-refractivity contribution in [1.82, 2.24) is 10.6 Å². The van der Waals surface area contributed by atoms with Crippen molar-refractivity contribution in [3.8, 4) is 0 Å². The predicted molar refractivity (Wildman–Crippen MR) is 57.9 cm³/mol. The minimum Gasteiger partial charge on any atom is -0.481 e. The molecule has 6 nitrogen and oxygen atoms in total. The van der Waals surface area contributed by atoms with E-state index < -0.39 is 23.4 Å². The van der Waals surface area contributed by atoms with Crippen LogP contribution in [0.1, 0.15) is 40.0 Å². The molecule has 0 radical (unpaired) electrons. The van der Waals surface area contributed by atoms with E-state index in [1.165, 1.54) is 0 Å². The van der Waals surface area contributed by atoms with Gasteiger partial charge in [-0.15, -0.1) is 0 Å². The van der Waals surface area contributed by atoms with E-state index in [2.05, 4.69) is 10.6 Å². The maximum Gasteiger partial charge on any atom is 0.321 e. The summed E-state index contributed by atoms with van der Waals surface area (Å²) in [5, 5.41) is 13.0. The molecular formula is C10H18N2O4. The molecule has 0 aliphatic heterocycles. The number of aliphatic carboxylic acids is 1. The van der Waals surface area contributed by atoms with Gasteiger partial charge in [0.15, 0.2) is 0 Å². The van der Waals surface area contributed by atoms with Crippen molar-refractivity contribution in [2.45, 2.75) is 45.6 Å². The normalized spacial score (nSPS) is 10.7. The van der Waals surface area contributed by atoms with E-state index in [0.717, 1.165) is 0 Å². The summed E-state index contributed by atoms with van der Waals surface area (Å²) in [5.74, 6) is -1.42. The topological polar surface area (TPSA) is 95.5 Å². The van der Waals surface area contributed by atoms with Gasteiger partial charge in [0.1, 0.15) is 0 Å². The molecule has 16 heavy (non-hydrogen) atoms. The molecule has 0 spiro atoms. The van der Waals surface area contributed by atoms with Gasteiger partial charge >= 0.3 is 12.0 Å². The Morgan fingerprint density at radius 3 is 2.12 bits per heavy atom. The van der Waals surface area contributed by atoms with Crippen LogP contribution >= 0.6 is 0 Å². The Balaban J connectivity index is 3.79. The van der Waals surface area contributed by atoms with Crippen LogP contribution in [-0.4, -0.2) is 28.6 Å². The summed E-state index contributed by atoms with van der Waals surface area (Å²) in [5.41, 5.74) is -0.411. The number of carboxylic acid groups (broad SMARTS) is 1. The fourth-order valence-electron chi connectivity index (χ4n) is 0.961. The van der Waals surface area contributed by atoms with Crippen LogP contribution in [0.2, 0.25) is 0 Å². The van der Waals surface area contributed by atoms with Gasteiger partial charge in [-0.3, -0.25) is 14.9 Å². The minimum absolute atomic E-state index is 0.0316. The van der Waals surface area contributed by atoms with Crippen molar-refractivity contribution < 1.29 is 19.5 Å². The number of amides is 3. The molecule has 0 saturated carbocycles. The van der Waals surface area contributed by atoms with Crippen molar-refractivity contribution in [3.63, 3.8) is 0 Å². The summed E-state index contributed by atoms with van der Waals surface area (Å²) >= 11 is 0. The third kappa shape index (κ3) is 8.98. The van der Waals surface area contributed by atoms with Crippen LogP contribution in [0, 0.1) is 0 Å². The lowest BCUT2D eigenvalue weighted by Gasteiger charge is -2.20. The zero-order valence-corrected chi connectivity index (χ0v) is 9.79. The Morgan fingerprint density at radius 1 is 1.12 bits per heavy atom. The van der Waals surface area contributed by atoms with Crippen LogP contribution in [0.5, 0.6) is 0 Å².